The monoisotopic (exact) mass is 393 g/mol. The lowest BCUT2D eigenvalue weighted by Crippen LogP contribution is -2.51. The molecule has 0 aliphatic carbocycles. The number of benzene rings is 2. The number of Topliss-reactive ketones (excluding diaryl/α,β-unsaturated/α-hetero) is 1. The fourth-order valence-electron chi connectivity index (χ4n) is 4.08. The van der Waals surface area contributed by atoms with Gasteiger partial charge in [0.25, 0.3) is 5.91 Å². The van der Waals surface area contributed by atoms with Crippen LogP contribution in [0.1, 0.15) is 27.9 Å². The van der Waals surface area contributed by atoms with Crippen LogP contribution in [0.5, 0.6) is 0 Å². The maximum absolute atomic E-state index is 13.3. The number of aryl methyl sites for hydroxylation is 1. The van der Waals surface area contributed by atoms with E-state index < -0.39 is 11.5 Å². The molecule has 0 saturated carbocycles. The number of aliphatic hydroxyl groups is 1. The summed E-state index contributed by atoms with van der Waals surface area (Å²) in [5.41, 5.74) is 0.938. The first kappa shape index (κ1) is 19.8. The van der Waals surface area contributed by atoms with E-state index in [0.717, 1.165) is 31.7 Å². The maximum Gasteiger partial charge on any atom is 0.265 e. The second-order valence-corrected chi connectivity index (χ2v) is 8.14. The summed E-state index contributed by atoms with van der Waals surface area (Å²) in [5, 5.41) is 11.4. The minimum absolute atomic E-state index is 0.239. The van der Waals surface area contributed by atoms with Gasteiger partial charge in [0, 0.05) is 37.3 Å². The first-order chi connectivity index (χ1) is 13.9. The second-order valence-electron chi connectivity index (χ2n) is 8.14. The van der Waals surface area contributed by atoms with Crippen molar-refractivity contribution in [2.75, 3.05) is 44.8 Å². The Morgan fingerprint density at radius 2 is 1.69 bits per heavy atom. The number of carbonyl (C=O) groups excluding carboxylic acids is 2. The van der Waals surface area contributed by atoms with E-state index in [1.807, 2.05) is 31.2 Å². The van der Waals surface area contributed by atoms with Crippen LogP contribution in [0.4, 0.5) is 5.69 Å². The van der Waals surface area contributed by atoms with Crippen LogP contribution in [0.15, 0.2) is 48.5 Å². The molecule has 1 fully saturated rings. The predicted molar refractivity (Wildman–Crippen MR) is 112 cm³/mol. The van der Waals surface area contributed by atoms with Crippen LogP contribution in [-0.4, -0.2) is 66.5 Å². The highest BCUT2D eigenvalue weighted by Gasteiger charge is 2.51. The van der Waals surface area contributed by atoms with Gasteiger partial charge in [0.2, 0.25) is 0 Å². The van der Waals surface area contributed by atoms with Crippen LogP contribution >= 0.6 is 0 Å². The Bertz CT molecular complexity index is 919. The van der Waals surface area contributed by atoms with Crippen molar-refractivity contribution in [2.24, 2.45) is 0 Å². The van der Waals surface area contributed by atoms with Crippen molar-refractivity contribution in [2.45, 2.75) is 18.9 Å². The smallest absolute Gasteiger partial charge is 0.265 e. The highest BCUT2D eigenvalue weighted by Crippen LogP contribution is 2.42. The molecule has 0 unspecified atom stereocenters. The fraction of sp³-hybridized carbons (Fsp3) is 0.391. The zero-order chi connectivity index (χ0) is 20.6. The van der Waals surface area contributed by atoms with E-state index >= 15 is 0 Å². The normalized spacial score (nSPS) is 22.7. The largest absolute Gasteiger partial charge is 0.375 e. The van der Waals surface area contributed by atoms with Crippen molar-refractivity contribution in [1.82, 2.24) is 9.80 Å². The van der Waals surface area contributed by atoms with Gasteiger partial charge < -0.3 is 10.0 Å². The molecule has 6 nitrogen and oxygen atoms in total. The van der Waals surface area contributed by atoms with Gasteiger partial charge in [0.05, 0.1) is 18.8 Å². The number of fused-ring (bicyclic) bond motifs is 1. The lowest BCUT2D eigenvalue weighted by atomic mass is 9.88. The Balaban J connectivity index is 1.59. The van der Waals surface area contributed by atoms with E-state index in [-0.39, 0.29) is 12.2 Å². The number of likely N-dealkylation sites (N-methyl/N-ethyl adjacent to an activating group) is 1. The summed E-state index contributed by atoms with van der Waals surface area (Å²) in [6.45, 7) is 5.99. The molecule has 4 rings (SSSR count). The number of rotatable bonds is 5. The predicted octanol–water partition coefficient (Wildman–Crippen LogP) is 2.01. The van der Waals surface area contributed by atoms with Gasteiger partial charge in [0.15, 0.2) is 11.4 Å². The molecular formula is C23H27N3O3. The van der Waals surface area contributed by atoms with Crippen molar-refractivity contribution in [3.63, 3.8) is 0 Å². The zero-order valence-corrected chi connectivity index (χ0v) is 17.0. The summed E-state index contributed by atoms with van der Waals surface area (Å²) < 4.78 is 0. The molecule has 1 atom stereocenters. The van der Waals surface area contributed by atoms with Crippen LogP contribution in [0.3, 0.4) is 0 Å². The lowest BCUT2D eigenvalue weighted by molar-refractivity contribution is -0.136. The Labute approximate surface area is 171 Å². The van der Waals surface area contributed by atoms with Gasteiger partial charge in [-0.05, 0) is 20.0 Å². The van der Waals surface area contributed by atoms with Gasteiger partial charge in [-0.2, -0.15) is 0 Å². The Morgan fingerprint density at radius 1 is 1.03 bits per heavy atom. The van der Waals surface area contributed by atoms with E-state index in [9.17, 15) is 14.7 Å². The van der Waals surface area contributed by atoms with E-state index in [2.05, 4.69) is 16.8 Å². The Morgan fingerprint density at radius 3 is 2.38 bits per heavy atom. The first-order valence-electron chi connectivity index (χ1n) is 10.0. The Hall–Kier alpha value is -2.54. The topological polar surface area (TPSA) is 64.1 Å². The molecule has 152 valence electrons. The number of hydrogen-bond donors (Lipinski definition) is 1. The zero-order valence-electron chi connectivity index (χ0n) is 17.0. The number of ketones is 1. The van der Waals surface area contributed by atoms with Crippen LogP contribution < -0.4 is 4.90 Å². The van der Waals surface area contributed by atoms with Gasteiger partial charge in [-0.1, -0.05) is 48.0 Å². The molecule has 1 saturated heterocycles. The molecule has 1 N–H and O–H groups in total. The van der Waals surface area contributed by atoms with Gasteiger partial charge in [-0.3, -0.25) is 19.4 Å². The van der Waals surface area contributed by atoms with Crippen LogP contribution in [-0.2, 0) is 10.4 Å². The van der Waals surface area contributed by atoms with Crippen molar-refractivity contribution >= 4 is 17.4 Å². The van der Waals surface area contributed by atoms with Crippen molar-refractivity contribution in [3.05, 3.63) is 65.2 Å². The second kappa shape index (κ2) is 7.71. The number of nitrogens with zero attached hydrogens (tertiary/aromatic N) is 3. The molecule has 29 heavy (non-hydrogen) atoms. The summed E-state index contributed by atoms with van der Waals surface area (Å²) in [6.07, 6.45) is -0.259. The molecule has 0 spiro atoms. The van der Waals surface area contributed by atoms with Gasteiger partial charge in [-0.25, -0.2) is 0 Å². The van der Waals surface area contributed by atoms with Crippen molar-refractivity contribution < 1.29 is 14.7 Å². The quantitative estimate of drug-likeness (QED) is 0.788. The molecule has 1 amide bonds. The van der Waals surface area contributed by atoms with Crippen LogP contribution in [0.2, 0.25) is 0 Å². The summed E-state index contributed by atoms with van der Waals surface area (Å²) in [7, 11) is 2.09. The minimum atomic E-state index is -1.83. The first-order valence-corrected chi connectivity index (χ1v) is 10.0. The molecule has 2 aliphatic rings. The van der Waals surface area contributed by atoms with Gasteiger partial charge in [0.1, 0.15) is 0 Å². The molecule has 0 bridgehead atoms. The molecular weight excluding hydrogens is 366 g/mol. The molecule has 2 aliphatic heterocycles. The average molecular weight is 393 g/mol. The number of hydrogen-bond acceptors (Lipinski definition) is 5. The van der Waals surface area contributed by atoms with Gasteiger partial charge in [-0.15, -0.1) is 0 Å². The molecule has 0 radical (unpaired) electrons. The summed E-state index contributed by atoms with van der Waals surface area (Å²) in [4.78, 5) is 32.3. The van der Waals surface area contributed by atoms with E-state index in [4.69, 9.17) is 0 Å². The number of para-hydroxylation sites is 1. The van der Waals surface area contributed by atoms with E-state index in [0.29, 0.717) is 23.5 Å². The maximum atomic E-state index is 13.3. The lowest BCUT2D eigenvalue weighted by Gasteiger charge is -2.35. The fourth-order valence-corrected chi connectivity index (χ4v) is 4.08. The third-order valence-electron chi connectivity index (χ3n) is 5.97. The number of piperazine rings is 1. The van der Waals surface area contributed by atoms with E-state index in [1.54, 1.807) is 29.2 Å². The number of amides is 1. The summed E-state index contributed by atoms with van der Waals surface area (Å²) in [5.74, 6) is -0.657. The van der Waals surface area contributed by atoms with Crippen molar-refractivity contribution in [1.29, 1.82) is 0 Å². The summed E-state index contributed by atoms with van der Waals surface area (Å²) >= 11 is 0. The summed E-state index contributed by atoms with van der Waals surface area (Å²) in [6, 6.07) is 14.5. The highest BCUT2D eigenvalue weighted by molar-refractivity contribution is 6.10. The molecule has 0 aromatic heterocycles. The molecule has 2 aromatic carbocycles. The standard InChI is InChI=1S/C23H27N3O3/c1-17-7-9-18(10-8-17)21(27)15-23(29)19-5-3-4-6-20(19)26(22(23)28)16-25-13-11-24(2)12-14-25/h3-10,29H,11-16H2,1-2H3/t23-/m1/s1. The van der Waals surface area contributed by atoms with Crippen LogP contribution in [0, 0.1) is 6.92 Å². The molecule has 6 heteroatoms. The Kier molecular flexibility index (Phi) is 5.25. The molecule has 2 aromatic rings. The highest BCUT2D eigenvalue weighted by atomic mass is 16.3. The average Bonchev–Trinajstić information content (AvgIpc) is 2.92. The minimum Gasteiger partial charge on any atom is -0.375 e. The third kappa shape index (κ3) is 3.71. The number of carbonyl (C=O) groups is 2. The SMILES string of the molecule is Cc1ccc(C(=O)C[C@]2(O)C(=O)N(CN3CCN(C)CC3)c3ccccc32)cc1. The number of anilines is 1. The molecule has 2 heterocycles. The van der Waals surface area contributed by atoms with Crippen molar-refractivity contribution in [3.8, 4) is 0 Å². The van der Waals surface area contributed by atoms with Crippen LogP contribution in [0.25, 0.3) is 0 Å². The third-order valence-corrected chi connectivity index (χ3v) is 5.97. The van der Waals surface area contributed by atoms with Gasteiger partial charge >= 0.3 is 0 Å². The van der Waals surface area contributed by atoms with E-state index in [1.165, 1.54) is 0 Å².